The third-order valence-electron chi connectivity index (χ3n) is 1.78. The highest BCUT2D eigenvalue weighted by Gasteiger charge is 2.12. The van der Waals surface area contributed by atoms with Crippen LogP contribution >= 0.6 is 11.8 Å². The Hall–Kier alpha value is -0.750. The predicted octanol–water partition coefficient (Wildman–Crippen LogP) is 0.888. The molecule has 2 N–H and O–H groups in total. The summed E-state index contributed by atoms with van der Waals surface area (Å²) in [6.07, 6.45) is 2.06. The molecular weight excluding hydrogens is 200 g/mol. The Bertz CT molecular complexity index is 276. The highest BCUT2D eigenvalue weighted by molar-refractivity contribution is 7.98. The van der Waals surface area contributed by atoms with Crippen molar-refractivity contribution in [3.63, 3.8) is 0 Å². The van der Waals surface area contributed by atoms with Crippen LogP contribution < -0.4 is 10.6 Å². The molecule has 0 radical (unpaired) electrons. The SMILES string of the molecule is CSCCN(C)c1nnc(C(C)N)o1. The smallest absolute Gasteiger partial charge is 0.317 e. The van der Waals surface area contributed by atoms with E-state index in [1.54, 1.807) is 11.8 Å². The number of anilines is 1. The first-order valence-electron chi connectivity index (χ1n) is 4.44. The molecule has 0 aliphatic rings. The lowest BCUT2D eigenvalue weighted by molar-refractivity contribution is 0.462. The van der Waals surface area contributed by atoms with Gasteiger partial charge in [0.1, 0.15) is 0 Å². The molecule has 5 nitrogen and oxygen atoms in total. The van der Waals surface area contributed by atoms with Crippen molar-refractivity contribution in [2.45, 2.75) is 13.0 Å². The van der Waals surface area contributed by atoms with Crippen molar-refractivity contribution in [2.24, 2.45) is 5.73 Å². The fraction of sp³-hybridized carbons (Fsp3) is 0.750. The van der Waals surface area contributed by atoms with Crippen LogP contribution in [0.4, 0.5) is 6.01 Å². The molecule has 1 unspecified atom stereocenters. The Labute approximate surface area is 88.0 Å². The lowest BCUT2D eigenvalue weighted by Crippen LogP contribution is -2.20. The van der Waals surface area contributed by atoms with Crippen LogP contribution in [0.5, 0.6) is 0 Å². The molecular formula is C8H16N4OS. The third kappa shape index (κ3) is 2.88. The Kier molecular flexibility index (Phi) is 4.21. The van der Waals surface area contributed by atoms with E-state index >= 15 is 0 Å². The van der Waals surface area contributed by atoms with Crippen molar-refractivity contribution in [3.05, 3.63) is 5.89 Å². The van der Waals surface area contributed by atoms with Gasteiger partial charge >= 0.3 is 6.01 Å². The fourth-order valence-corrected chi connectivity index (χ4v) is 1.34. The van der Waals surface area contributed by atoms with Crippen molar-refractivity contribution >= 4 is 17.8 Å². The number of hydrogen-bond acceptors (Lipinski definition) is 6. The molecule has 0 bridgehead atoms. The molecule has 1 heterocycles. The van der Waals surface area contributed by atoms with Crippen LogP contribution in [0.15, 0.2) is 4.42 Å². The average molecular weight is 216 g/mol. The summed E-state index contributed by atoms with van der Waals surface area (Å²) in [5.74, 6) is 1.52. The first-order valence-corrected chi connectivity index (χ1v) is 5.83. The molecule has 14 heavy (non-hydrogen) atoms. The lowest BCUT2D eigenvalue weighted by Gasteiger charge is -2.12. The molecule has 80 valence electrons. The van der Waals surface area contributed by atoms with Gasteiger partial charge in [-0.3, -0.25) is 0 Å². The van der Waals surface area contributed by atoms with E-state index < -0.39 is 0 Å². The Morgan fingerprint density at radius 2 is 2.29 bits per heavy atom. The molecule has 1 aromatic heterocycles. The van der Waals surface area contributed by atoms with Crippen LogP contribution in [0, 0.1) is 0 Å². The molecule has 0 amide bonds. The molecule has 0 spiro atoms. The lowest BCUT2D eigenvalue weighted by atomic mass is 10.4. The van der Waals surface area contributed by atoms with E-state index in [1.165, 1.54) is 0 Å². The molecule has 1 rings (SSSR count). The van der Waals surface area contributed by atoms with E-state index in [0.717, 1.165) is 12.3 Å². The summed E-state index contributed by atoms with van der Waals surface area (Å²) in [4.78, 5) is 1.93. The average Bonchev–Trinajstić information content (AvgIpc) is 2.62. The van der Waals surface area contributed by atoms with Gasteiger partial charge in [0.25, 0.3) is 0 Å². The summed E-state index contributed by atoms with van der Waals surface area (Å²) in [6, 6.07) is 0.330. The molecule has 1 aromatic rings. The molecule has 1 atom stereocenters. The zero-order chi connectivity index (χ0) is 10.6. The fourth-order valence-electron chi connectivity index (χ4n) is 0.889. The van der Waals surface area contributed by atoms with E-state index in [0.29, 0.717) is 11.9 Å². The van der Waals surface area contributed by atoms with Crippen LogP contribution in [-0.2, 0) is 0 Å². The number of rotatable bonds is 5. The van der Waals surface area contributed by atoms with E-state index in [2.05, 4.69) is 16.5 Å². The van der Waals surface area contributed by atoms with Gasteiger partial charge in [-0.05, 0) is 13.2 Å². The van der Waals surface area contributed by atoms with Crippen LogP contribution in [0.25, 0.3) is 0 Å². The Balaban J connectivity index is 2.57. The van der Waals surface area contributed by atoms with Gasteiger partial charge < -0.3 is 15.1 Å². The van der Waals surface area contributed by atoms with Crippen LogP contribution in [0.2, 0.25) is 0 Å². The molecule has 0 aliphatic carbocycles. The highest BCUT2D eigenvalue weighted by atomic mass is 32.2. The summed E-state index contributed by atoms with van der Waals surface area (Å²) in [6.45, 7) is 2.71. The monoisotopic (exact) mass is 216 g/mol. The zero-order valence-electron chi connectivity index (χ0n) is 8.73. The largest absolute Gasteiger partial charge is 0.406 e. The summed E-state index contributed by atoms with van der Waals surface area (Å²) in [5, 5.41) is 7.76. The van der Waals surface area contributed by atoms with Crippen LogP contribution in [-0.4, -0.2) is 35.8 Å². The molecule has 0 aromatic carbocycles. The minimum absolute atomic E-state index is 0.204. The minimum Gasteiger partial charge on any atom is -0.406 e. The molecule has 0 saturated heterocycles. The number of nitrogens with two attached hydrogens (primary N) is 1. The van der Waals surface area contributed by atoms with Crippen molar-refractivity contribution < 1.29 is 4.42 Å². The second-order valence-electron chi connectivity index (χ2n) is 3.13. The summed E-state index contributed by atoms with van der Waals surface area (Å²) in [7, 11) is 1.93. The minimum atomic E-state index is -0.204. The van der Waals surface area contributed by atoms with Crippen LogP contribution in [0.3, 0.4) is 0 Å². The van der Waals surface area contributed by atoms with Crippen LogP contribution in [0.1, 0.15) is 18.9 Å². The predicted molar refractivity (Wildman–Crippen MR) is 58.6 cm³/mol. The molecule has 0 saturated carbocycles. The number of nitrogens with zero attached hydrogens (tertiary/aromatic N) is 3. The van der Waals surface area contributed by atoms with Gasteiger partial charge in [-0.1, -0.05) is 5.10 Å². The number of hydrogen-bond donors (Lipinski definition) is 1. The van der Waals surface area contributed by atoms with Gasteiger partial charge in [-0.15, -0.1) is 5.10 Å². The van der Waals surface area contributed by atoms with Crippen molar-refractivity contribution in [2.75, 3.05) is 30.5 Å². The number of aromatic nitrogens is 2. The highest BCUT2D eigenvalue weighted by Crippen LogP contribution is 2.14. The van der Waals surface area contributed by atoms with Gasteiger partial charge in [0, 0.05) is 19.3 Å². The van der Waals surface area contributed by atoms with Gasteiger partial charge in [0.2, 0.25) is 5.89 Å². The van der Waals surface area contributed by atoms with Crippen molar-refractivity contribution in [3.8, 4) is 0 Å². The van der Waals surface area contributed by atoms with Gasteiger partial charge in [-0.2, -0.15) is 11.8 Å². The third-order valence-corrected chi connectivity index (χ3v) is 2.37. The van der Waals surface area contributed by atoms with Gasteiger partial charge in [0.05, 0.1) is 6.04 Å². The summed E-state index contributed by atoms with van der Waals surface area (Å²) in [5.41, 5.74) is 5.61. The maximum absolute atomic E-state index is 5.61. The summed E-state index contributed by atoms with van der Waals surface area (Å²) < 4.78 is 5.37. The second kappa shape index (κ2) is 5.21. The normalized spacial score (nSPS) is 12.9. The second-order valence-corrected chi connectivity index (χ2v) is 4.11. The number of thioether (sulfide) groups is 1. The topological polar surface area (TPSA) is 68.2 Å². The summed E-state index contributed by atoms with van der Waals surface area (Å²) >= 11 is 1.78. The first-order chi connectivity index (χ1) is 6.65. The van der Waals surface area contributed by atoms with E-state index in [4.69, 9.17) is 10.2 Å². The van der Waals surface area contributed by atoms with E-state index in [-0.39, 0.29) is 6.04 Å². The molecule has 0 fully saturated rings. The van der Waals surface area contributed by atoms with E-state index in [1.807, 2.05) is 18.9 Å². The zero-order valence-corrected chi connectivity index (χ0v) is 9.54. The maximum atomic E-state index is 5.61. The quantitative estimate of drug-likeness (QED) is 0.788. The molecule has 6 heteroatoms. The first kappa shape index (κ1) is 11.3. The Morgan fingerprint density at radius 1 is 1.57 bits per heavy atom. The van der Waals surface area contributed by atoms with Crippen molar-refractivity contribution in [1.29, 1.82) is 0 Å². The van der Waals surface area contributed by atoms with Gasteiger partial charge in [-0.25, -0.2) is 0 Å². The van der Waals surface area contributed by atoms with Crippen molar-refractivity contribution in [1.82, 2.24) is 10.2 Å². The standard InChI is InChI=1S/C8H16N4OS/c1-6(9)7-10-11-8(13-7)12(2)4-5-14-3/h6H,4-5,9H2,1-3H3. The Morgan fingerprint density at radius 3 is 2.79 bits per heavy atom. The van der Waals surface area contributed by atoms with Gasteiger partial charge in [0.15, 0.2) is 0 Å². The van der Waals surface area contributed by atoms with E-state index in [9.17, 15) is 0 Å². The maximum Gasteiger partial charge on any atom is 0.317 e. The molecule has 0 aliphatic heterocycles.